The maximum atomic E-state index is 5.88. The first-order valence-corrected chi connectivity index (χ1v) is 8.34. The number of thiol groups is 1. The molecule has 0 amide bonds. The van der Waals surface area contributed by atoms with E-state index >= 15 is 0 Å². The van der Waals surface area contributed by atoms with E-state index in [1.54, 1.807) is 0 Å². The van der Waals surface area contributed by atoms with Crippen molar-refractivity contribution in [2.24, 2.45) is 5.41 Å². The van der Waals surface area contributed by atoms with Crippen LogP contribution in [-0.2, 0) is 5.75 Å². The van der Waals surface area contributed by atoms with Crippen LogP contribution in [0.3, 0.4) is 0 Å². The Bertz CT molecular complexity index is 342. The van der Waals surface area contributed by atoms with Crippen LogP contribution in [0, 0.1) is 5.41 Å². The first kappa shape index (κ1) is 13.6. The lowest BCUT2D eigenvalue weighted by Gasteiger charge is -2.26. The van der Waals surface area contributed by atoms with E-state index in [1.807, 2.05) is 23.9 Å². The van der Waals surface area contributed by atoms with Gasteiger partial charge in [-0.25, -0.2) is 0 Å². The van der Waals surface area contributed by atoms with Gasteiger partial charge >= 0.3 is 0 Å². The molecule has 1 saturated carbocycles. The maximum Gasteiger partial charge on any atom is 0.0406 e. The Morgan fingerprint density at radius 3 is 2.41 bits per heavy atom. The normalized spacial score (nSPS) is 18.5. The van der Waals surface area contributed by atoms with Gasteiger partial charge in [0.2, 0.25) is 0 Å². The number of hydrogen-bond donors (Lipinski definition) is 1. The Morgan fingerprint density at radius 2 is 1.82 bits per heavy atom. The van der Waals surface area contributed by atoms with E-state index in [0.717, 1.165) is 16.5 Å². The number of hydrogen-bond acceptors (Lipinski definition) is 2. The zero-order valence-electron chi connectivity index (χ0n) is 9.99. The lowest BCUT2D eigenvalue weighted by atomic mass is 9.91. The summed E-state index contributed by atoms with van der Waals surface area (Å²) in [5.74, 6) is 3.38. The number of rotatable bonds is 5. The maximum absolute atomic E-state index is 5.88. The molecule has 3 heteroatoms. The molecule has 94 valence electrons. The third kappa shape index (κ3) is 3.84. The molecule has 1 aliphatic rings. The molecule has 0 saturated heterocycles. The summed E-state index contributed by atoms with van der Waals surface area (Å²) in [6, 6.07) is 8.19. The number of halogens is 1. The van der Waals surface area contributed by atoms with Crippen LogP contribution in [0.5, 0.6) is 0 Å². The summed E-state index contributed by atoms with van der Waals surface area (Å²) in [7, 11) is 0. The third-order valence-corrected chi connectivity index (χ3v) is 5.87. The van der Waals surface area contributed by atoms with Gasteiger partial charge in [-0.05, 0) is 41.7 Å². The van der Waals surface area contributed by atoms with Gasteiger partial charge in [-0.3, -0.25) is 0 Å². The quantitative estimate of drug-likeness (QED) is 0.738. The predicted molar refractivity (Wildman–Crippen MR) is 82.4 cm³/mol. The molecule has 0 heterocycles. The molecule has 0 aromatic heterocycles. The highest BCUT2D eigenvalue weighted by Crippen LogP contribution is 2.42. The van der Waals surface area contributed by atoms with Crippen LogP contribution in [0.15, 0.2) is 24.3 Å². The Kier molecular flexibility index (Phi) is 5.13. The molecule has 0 radical (unpaired) electrons. The molecular formula is C14H19ClS2. The van der Waals surface area contributed by atoms with Crippen molar-refractivity contribution in [3.63, 3.8) is 0 Å². The first-order chi connectivity index (χ1) is 8.24. The van der Waals surface area contributed by atoms with E-state index in [-0.39, 0.29) is 0 Å². The lowest BCUT2D eigenvalue weighted by Crippen LogP contribution is -2.21. The Morgan fingerprint density at radius 1 is 1.18 bits per heavy atom. The first-order valence-electron chi connectivity index (χ1n) is 6.17. The van der Waals surface area contributed by atoms with Crippen molar-refractivity contribution in [3.05, 3.63) is 34.9 Å². The molecule has 0 unspecified atom stereocenters. The van der Waals surface area contributed by atoms with Crippen molar-refractivity contribution in [1.82, 2.24) is 0 Å². The smallest absolute Gasteiger partial charge is 0.0406 e. The van der Waals surface area contributed by atoms with Gasteiger partial charge in [-0.1, -0.05) is 36.6 Å². The second kappa shape index (κ2) is 6.40. The van der Waals surface area contributed by atoms with E-state index in [1.165, 1.54) is 37.0 Å². The SMILES string of the molecule is SCC1(CSCc2ccc(Cl)cc2)CCCC1. The number of thioether (sulfide) groups is 1. The number of benzene rings is 1. The fourth-order valence-electron chi connectivity index (χ4n) is 2.44. The Balaban J connectivity index is 1.80. The van der Waals surface area contributed by atoms with Gasteiger partial charge in [-0.15, -0.1) is 0 Å². The highest BCUT2D eigenvalue weighted by Gasteiger charge is 2.31. The summed E-state index contributed by atoms with van der Waals surface area (Å²) >= 11 is 12.5. The highest BCUT2D eigenvalue weighted by molar-refractivity contribution is 7.98. The molecule has 0 spiro atoms. The molecule has 0 N–H and O–H groups in total. The fourth-order valence-corrected chi connectivity index (χ4v) is 4.50. The van der Waals surface area contributed by atoms with Gasteiger partial charge in [0.15, 0.2) is 0 Å². The van der Waals surface area contributed by atoms with Crippen molar-refractivity contribution in [2.45, 2.75) is 31.4 Å². The van der Waals surface area contributed by atoms with Crippen molar-refractivity contribution in [1.29, 1.82) is 0 Å². The Hall–Kier alpha value is 0.210. The van der Waals surface area contributed by atoms with Crippen LogP contribution in [0.25, 0.3) is 0 Å². The highest BCUT2D eigenvalue weighted by atomic mass is 35.5. The van der Waals surface area contributed by atoms with Crippen LogP contribution in [0.4, 0.5) is 0 Å². The van der Waals surface area contributed by atoms with Crippen LogP contribution >= 0.6 is 36.0 Å². The minimum Gasteiger partial charge on any atom is -0.179 e. The van der Waals surface area contributed by atoms with Gasteiger partial charge in [0.25, 0.3) is 0 Å². The van der Waals surface area contributed by atoms with Crippen LogP contribution < -0.4 is 0 Å². The lowest BCUT2D eigenvalue weighted by molar-refractivity contribution is 0.403. The van der Waals surface area contributed by atoms with E-state index in [4.69, 9.17) is 11.6 Å². The average Bonchev–Trinajstić information content (AvgIpc) is 2.81. The van der Waals surface area contributed by atoms with Gasteiger partial charge < -0.3 is 0 Å². The fraction of sp³-hybridized carbons (Fsp3) is 0.571. The van der Waals surface area contributed by atoms with Gasteiger partial charge in [-0.2, -0.15) is 24.4 Å². The largest absolute Gasteiger partial charge is 0.179 e. The molecule has 0 aliphatic heterocycles. The molecule has 0 bridgehead atoms. The minimum atomic E-state index is 0.514. The summed E-state index contributed by atoms with van der Waals surface area (Å²) in [6.07, 6.45) is 5.51. The van der Waals surface area contributed by atoms with E-state index in [2.05, 4.69) is 24.8 Å². The van der Waals surface area contributed by atoms with E-state index in [9.17, 15) is 0 Å². The third-order valence-electron chi connectivity index (χ3n) is 3.59. The molecular weight excluding hydrogens is 268 g/mol. The molecule has 1 fully saturated rings. The molecule has 0 atom stereocenters. The summed E-state index contributed by atoms with van der Waals surface area (Å²) < 4.78 is 0. The zero-order valence-corrected chi connectivity index (χ0v) is 12.5. The molecule has 17 heavy (non-hydrogen) atoms. The summed E-state index contributed by atoms with van der Waals surface area (Å²) in [4.78, 5) is 0. The Labute approximate surface area is 119 Å². The van der Waals surface area contributed by atoms with Crippen LogP contribution in [0.2, 0.25) is 5.02 Å². The summed E-state index contributed by atoms with van der Waals surface area (Å²) in [5.41, 5.74) is 1.88. The van der Waals surface area contributed by atoms with Gasteiger partial charge in [0.05, 0.1) is 0 Å². The summed E-state index contributed by atoms with van der Waals surface area (Å²) in [6.45, 7) is 0. The monoisotopic (exact) mass is 286 g/mol. The molecule has 2 rings (SSSR count). The zero-order chi connectivity index (χ0) is 12.1. The predicted octanol–water partition coefficient (Wildman–Crippen LogP) is 5.06. The molecule has 0 nitrogen and oxygen atoms in total. The van der Waals surface area contributed by atoms with Gasteiger partial charge in [0, 0.05) is 16.5 Å². The standard InChI is InChI=1S/C14H19ClS2/c15-13-5-3-12(4-6-13)9-17-11-14(10-16)7-1-2-8-14/h3-6,16H,1-2,7-11H2. The van der Waals surface area contributed by atoms with Crippen molar-refractivity contribution in [2.75, 3.05) is 11.5 Å². The van der Waals surface area contributed by atoms with Crippen LogP contribution in [0.1, 0.15) is 31.2 Å². The van der Waals surface area contributed by atoms with E-state index < -0.39 is 0 Å². The summed E-state index contributed by atoms with van der Waals surface area (Å²) in [5, 5.41) is 0.821. The topological polar surface area (TPSA) is 0 Å². The van der Waals surface area contributed by atoms with Crippen molar-refractivity contribution in [3.8, 4) is 0 Å². The van der Waals surface area contributed by atoms with E-state index in [0.29, 0.717) is 5.41 Å². The van der Waals surface area contributed by atoms with Gasteiger partial charge in [0.1, 0.15) is 0 Å². The molecule has 1 aromatic carbocycles. The van der Waals surface area contributed by atoms with Crippen molar-refractivity contribution >= 4 is 36.0 Å². The molecule has 1 aliphatic carbocycles. The average molecular weight is 287 g/mol. The molecule has 1 aromatic rings. The second-order valence-corrected chi connectivity index (χ2v) is 6.72. The van der Waals surface area contributed by atoms with Crippen LogP contribution in [-0.4, -0.2) is 11.5 Å². The van der Waals surface area contributed by atoms with Crippen molar-refractivity contribution < 1.29 is 0 Å². The second-order valence-electron chi connectivity index (χ2n) is 4.98. The minimum absolute atomic E-state index is 0.514.